The monoisotopic (exact) mass is 522 g/mol. The number of hydrogen-bond acceptors (Lipinski definition) is 6. The maximum atomic E-state index is 13.0. The predicted octanol–water partition coefficient (Wildman–Crippen LogP) is 3.29. The largest absolute Gasteiger partial charge is 0.382 e. The number of fused-ring (bicyclic) bond motifs is 3. The number of aliphatic hydroxyl groups is 1. The number of benzene rings is 2. The van der Waals surface area contributed by atoms with Crippen molar-refractivity contribution >= 4 is 23.1 Å². The first-order valence-corrected chi connectivity index (χ1v) is 13.0. The van der Waals surface area contributed by atoms with Crippen LogP contribution in [0.3, 0.4) is 0 Å². The van der Waals surface area contributed by atoms with Crippen LogP contribution in [0.5, 0.6) is 0 Å². The van der Waals surface area contributed by atoms with Crippen molar-refractivity contribution in [2.45, 2.75) is 44.0 Å². The molecule has 0 radical (unpaired) electrons. The van der Waals surface area contributed by atoms with E-state index in [-0.39, 0.29) is 23.9 Å². The molecule has 2 fully saturated rings. The highest BCUT2D eigenvalue weighted by Gasteiger charge is 2.54. The standard InChI is InChI=1S/C30H30N6O3/c1-4-24(38)36-22-16-23(35(17-22)18(2)37)26(36)29-33-25(27-28(31)32-14-15-34(27)29)19-10-12-21(13-11-19)30(3,39)20-8-6-5-7-9-20/h4-15,22-23,26,39H,1,16-17H2,2-3H3,(H2,31,32)/t22?,23-,26?,30?/m0/s1. The molecule has 198 valence electrons. The zero-order valence-electron chi connectivity index (χ0n) is 21.9. The number of amides is 2. The first-order valence-electron chi connectivity index (χ1n) is 13.0. The number of rotatable bonds is 5. The fourth-order valence-electron chi connectivity index (χ4n) is 6.22. The Morgan fingerprint density at radius 2 is 1.82 bits per heavy atom. The van der Waals surface area contributed by atoms with Gasteiger partial charge in [-0.1, -0.05) is 61.2 Å². The molecule has 39 heavy (non-hydrogen) atoms. The Bertz CT molecular complexity index is 1590. The molecule has 3 unspecified atom stereocenters. The van der Waals surface area contributed by atoms with Crippen LogP contribution in [0.25, 0.3) is 16.8 Å². The Hall–Kier alpha value is -4.50. The van der Waals surface area contributed by atoms with Gasteiger partial charge in [-0.3, -0.25) is 14.0 Å². The van der Waals surface area contributed by atoms with Crippen molar-refractivity contribution in [3.63, 3.8) is 0 Å². The van der Waals surface area contributed by atoms with E-state index >= 15 is 0 Å². The Balaban J connectivity index is 1.46. The summed E-state index contributed by atoms with van der Waals surface area (Å²) in [7, 11) is 0. The zero-order valence-corrected chi connectivity index (χ0v) is 21.9. The molecule has 2 saturated heterocycles. The molecule has 4 aromatic rings. The van der Waals surface area contributed by atoms with Crippen LogP contribution in [0.4, 0.5) is 5.82 Å². The maximum Gasteiger partial charge on any atom is 0.246 e. The topological polar surface area (TPSA) is 117 Å². The van der Waals surface area contributed by atoms with Gasteiger partial charge in [0.15, 0.2) is 0 Å². The van der Waals surface area contributed by atoms with Gasteiger partial charge >= 0.3 is 0 Å². The molecule has 2 aromatic carbocycles. The molecule has 2 aliphatic heterocycles. The number of anilines is 1. The number of nitrogen functional groups attached to an aromatic ring is 1. The maximum absolute atomic E-state index is 13.0. The Labute approximate surface area is 226 Å². The zero-order chi connectivity index (χ0) is 27.5. The minimum Gasteiger partial charge on any atom is -0.382 e. The van der Waals surface area contributed by atoms with Crippen LogP contribution in [0.1, 0.15) is 43.3 Å². The highest BCUT2D eigenvalue weighted by Crippen LogP contribution is 2.46. The summed E-state index contributed by atoms with van der Waals surface area (Å²) in [5, 5.41) is 11.3. The first-order chi connectivity index (χ1) is 18.7. The van der Waals surface area contributed by atoms with Crippen LogP contribution in [-0.4, -0.2) is 59.7 Å². The summed E-state index contributed by atoms with van der Waals surface area (Å²) < 4.78 is 1.87. The van der Waals surface area contributed by atoms with Crippen molar-refractivity contribution in [3.8, 4) is 11.3 Å². The minimum absolute atomic E-state index is 0.0264. The van der Waals surface area contributed by atoms with Crippen molar-refractivity contribution < 1.29 is 14.7 Å². The summed E-state index contributed by atoms with van der Waals surface area (Å²) in [6.45, 7) is 7.52. The van der Waals surface area contributed by atoms with E-state index in [1.807, 2.05) is 63.9 Å². The van der Waals surface area contributed by atoms with Crippen LogP contribution in [0.2, 0.25) is 0 Å². The van der Waals surface area contributed by atoms with Crippen molar-refractivity contribution in [1.82, 2.24) is 24.2 Å². The summed E-state index contributed by atoms with van der Waals surface area (Å²) in [5.41, 5.74) is 8.76. The molecule has 2 bridgehead atoms. The van der Waals surface area contributed by atoms with Crippen molar-refractivity contribution in [2.75, 3.05) is 12.3 Å². The summed E-state index contributed by atoms with van der Waals surface area (Å²) >= 11 is 0. The molecule has 0 aliphatic carbocycles. The van der Waals surface area contributed by atoms with Crippen molar-refractivity contribution in [3.05, 3.63) is 96.6 Å². The van der Waals surface area contributed by atoms with Gasteiger partial charge in [-0.05, 0) is 30.5 Å². The number of carbonyl (C=O) groups excluding carboxylic acids is 2. The smallest absolute Gasteiger partial charge is 0.246 e. The van der Waals surface area contributed by atoms with E-state index in [0.29, 0.717) is 35.8 Å². The average molecular weight is 523 g/mol. The molecule has 0 spiro atoms. The van der Waals surface area contributed by atoms with E-state index in [1.165, 1.54) is 6.08 Å². The third-order valence-corrected chi connectivity index (χ3v) is 8.14. The van der Waals surface area contributed by atoms with Crippen LogP contribution in [-0.2, 0) is 15.2 Å². The lowest BCUT2D eigenvalue weighted by Gasteiger charge is -2.39. The molecular weight excluding hydrogens is 492 g/mol. The highest BCUT2D eigenvalue weighted by atomic mass is 16.3. The lowest BCUT2D eigenvalue weighted by Crippen LogP contribution is -2.52. The van der Waals surface area contributed by atoms with Crippen LogP contribution >= 0.6 is 0 Å². The number of imidazole rings is 1. The second-order valence-corrected chi connectivity index (χ2v) is 10.4. The third kappa shape index (κ3) is 3.80. The van der Waals surface area contributed by atoms with E-state index in [1.54, 1.807) is 31.1 Å². The molecule has 2 amide bonds. The van der Waals surface area contributed by atoms with Crippen LogP contribution in [0, 0.1) is 0 Å². The Kier molecular flexibility index (Phi) is 5.76. The molecule has 2 aliphatic rings. The molecule has 2 aromatic heterocycles. The number of likely N-dealkylation sites (tertiary alicyclic amines) is 2. The van der Waals surface area contributed by atoms with E-state index in [2.05, 4.69) is 11.6 Å². The number of aromatic nitrogens is 3. The second-order valence-electron chi connectivity index (χ2n) is 10.4. The van der Waals surface area contributed by atoms with Crippen molar-refractivity contribution in [1.29, 1.82) is 0 Å². The normalized spacial score (nSPS) is 21.8. The molecule has 6 rings (SSSR count). The molecular formula is C30H30N6O3. The minimum atomic E-state index is -1.17. The quantitative estimate of drug-likeness (QED) is 0.389. The molecule has 4 heterocycles. The number of nitrogens with two attached hydrogens (primary N) is 1. The van der Waals surface area contributed by atoms with E-state index in [9.17, 15) is 14.7 Å². The van der Waals surface area contributed by atoms with E-state index in [4.69, 9.17) is 10.7 Å². The third-order valence-electron chi connectivity index (χ3n) is 8.14. The van der Waals surface area contributed by atoms with Gasteiger partial charge in [0, 0.05) is 31.4 Å². The van der Waals surface area contributed by atoms with Gasteiger partial charge in [0.2, 0.25) is 11.8 Å². The van der Waals surface area contributed by atoms with E-state index < -0.39 is 11.6 Å². The summed E-state index contributed by atoms with van der Waals surface area (Å²) in [4.78, 5) is 38.4. The second kappa shape index (κ2) is 9.06. The van der Waals surface area contributed by atoms with Gasteiger partial charge in [-0.25, -0.2) is 9.97 Å². The lowest BCUT2D eigenvalue weighted by molar-refractivity contribution is -0.139. The molecule has 9 heteroatoms. The van der Waals surface area contributed by atoms with Gasteiger partial charge in [-0.15, -0.1) is 0 Å². The Morgan fingerprint density at radius 3 is 2.49 bits per heavy atom. The number of piperazine rings is 1. The summed E-state index contributed by atoms with van der Waals surface area (Å²) in [6.07, 6.45) is 5.38. The number of carbonyl (C=O) groups is 2. The molecule has 0 saturated carbocycles. The number of nitrogens with zero attached hydrogens (tertiary/aromatic N) is 5. The fraction of sp³-hybridized carbons (Fsp3) is 0.267. The number of hydrogen-bond donors (Lipinski definition) is 2. The van der Waals surface area contributed by atoms with Gasteiger partial charge < -0.3 is 20.6 Å². The van der Waals surface area contributed by atoms with Gasteiger partial charge in [0.1, 0.15) is 34.5 Å². The SMILES string of the molecule is C=CC(=O)N1C2C[C@@H](C1c1nc(-c3ccc(C(C)(O)c4ccccc4)cc3)c3c(N)nccn13)N(C(C)=O)C2. The predicted molar refractivity (Wildman–Crippen MR) is 147 cm³/mol. The van der Waals surface area contributed by atoms with Crippen molar-refractivity contribution in [2.24, 2.45) is 0 Å². The van der Waals surface area contributed by atoms with Gasteiger partial charge in [-0.2, -0.15) is 0 Å². The van der Waals surface area contributed by atoms with Gasteiger partial charge in [0.25, 0.3) is 0 Å². The molecule has 3 N–H and O–H groups in total. The molecule has 9 nitrogen and oxygen atoms in total. The van der Waals surface area contributed by atoms with Crippen LogP contribution < -0.4 is 5.73 Å². The average Bonchev–Trinajstić information content (AvgIpc) is 3.65. The fourth-order valence-corrected chi connectivity index (χ4v) is 6.22. The molecule has 4 atom stereocenters. The van der Waals surface area contributed by atoms with E-state index in [0.717, 1.165) is 16.7 Å². The van der Waals surface area contributed by atoms with Crippen LogP contribution in [0.15, 0.2) is 79.6 Å². The lowest BCUT2D eigenvalue weighted by atomic mass is 9.87. The first kappa shape index (κ1) is 24.8. The summed E-state index contributed by atoms with van der Waals surface area (Å²) in [6, 6.07) is 16.3. The Morgan fingerprint density at radius 1 is 1.13 bits per heavy atom. The highest BCUT2D eigenvalue weighted by molar-refractivity contribution is 5.89. The van der Waals surface area contributed by atoms with Gasteiger partial charge in [0.05, 0.1) is 12.1 Å². The summed E-state index contributed by atoms with van der Waals surface area (Å²) in [5.74, 6) is 0.702.